The van der Waals surface area contributed by atoms with Crippen LogP contribution < -0.4 is 53.2 Å². The molecule has 0 aromatic heterocycles. The summed E-state index contributed by atoms with van der Waals surface area (Å²) in [6, 6.07) is 5.01. The summed E-state index contributed by atoms with van der Waals surface area (Å²) in [5, 5.41) is 28.1. The van der Waals surface area contributed by atoms with Crippen LogP contribution in [0.5, 0.6) is 0 Å². The van der Waals surface area contributed by atoms with E-state index in [1.807, 2.05) is 30.3 Å². The second kappa shape index (κ2) is 63.0. The van der Waals surface area contributed by atoms with E-state index in [0.717, 1.165) is 5.56 Å². The lowest BCUT2D eigenvalue weighted by atomic mass is 9.94. The number of rotatable bonds is 62. The zero-order chi connectivity index (χ0) is 95.2. The summed E-state index contributed by atoms with van der Waals surface area (Å²) in [6.45, 7) is 17.0. The Balaban J connectivity index is 1.39. The Morgan fingerprint density at radius 1 is 0.333 bits per heavy atom. The van der Waals surface area contributed by atoms with E-state index in [9.17, 15) is 81.5 Å². The first-order valence-electron chi connectivity index (χ1n) is 45.1. The number of nitrogens with zero attached hydrogens (tertiary/aromatic N) is 1. The molecule has 10 N–H and O–H groups in total. The number of benzene rings is 1. The van der Waals surface area contributed by atoms with Crippen LogP contribution >= 0.6 is 0 Å². The van der Waals surface area contributed by atoms with Crippen molar-refractivity contribution in [3.05, 3.63) is 35.9 Å². The molecule has 16 unspecified atom stereocenters. The van der Waals surface area contributed by atoms with Gasteiger partial charge < -0.3 is 115 Å². The maximum Gasteiger partial charge on any atom is 0.306 e. The van der Waals surface area contributed by atoms with E-state index in [0.29, 0.717) is 103 Å². The Morgan fingerprint density at radius 2 is 0.636 bits per heavy atom. The number of nitrogens with one attached hydrogen (secondary N) is 10. The summed E-state index contributed by atoms with van der Waals surface area (Å²) in [5.74, 6) is -8.46. The first-order valence-corrected chi connectivity index (χ1v) is 45.1. The van der Waals surface area contributed by atoms with E-state index in [-0.39, 0.29) is 147 Å². The van der Waals surface area contributed by atoms with Gasteiger partial charge in [0, 0.05) is 160 Å². The summed E-state index contributed by atoms with van der Waals surface area (Å²) >= 11 is 0. The molecule has 41 heteroatoms. The average Bonchev–Trinajstić information content (AvgIpc) is 0.795. The van der Waals surface area contributed by atoms with Crippen molar-refractivity contribution < 1.29 is 143 Å². The largest absolute Gasteiger partial charge is 0.461 e. The number of ether oxygens (including phenoxy) is 13. The molecule has 3 heterocycles. The van der Waals surface area contributed by atoms with Crippen LogP contribution in [0.25, 0.3) is 0 Å². The van der Waals surface area contributed by atoms with Gasteiger partial charge in [-0.25, -0.2) is 0 Å². The topological polar surface area (TPSA) is 534 Å². The maximum absolute atomic E-state index is 14.6. The molecular formula is C88H141N11O30. The lowest BCUT2D eigenvalue weighted by Gasteiger charge is -2.45. The molecule has 0 aliphatic carbocycles. The smallest absolute Gasteiger partial charge is 0.306 e. The molecule has 16 atom stereocenters. The van der Waals surface area contributed by atoms with Crippen LogP contribution in [0.2, 0.25) is 0 Å². The standard InChI is InChI=1S/C88H141N11O30/c1-13-66-79(121-58(7)103)82(124-61(10)106)76(96-55(4)100)86(127-66)117-49-27-17-22-37-69(109)90-43-31-46-93-73(113)52-99(53-74(114)94-47-32-44-91-70(110)38-23-18-28-50-118-87-77(97-56(5)101)83(125-62(11)107)80(122-59(8)104)67(14-2)128-87)65(36-25-26-42-89-72(112)40-30-41-75(115)120-54-64-34-20-16-21-35-64)85(116)95-48-33-45-92-71(111)39-24-19-29-51-119-88-78(98-57(6)102)84(126-63(12)108)81(123-60(9)105)68(15-3)129-88/h16,20-21,34-35,65-68,76-84,86-88H,13-15,17-19,22-33,36-54H2,1-12H3,(H,89,112)(H,90,109)(H,91,110)(H,92,111)(H,93,113)(H,94,114)(H,95,116)(H,96,100)(H,97,101)(H,98,102). The van der Waals surface area contributed by atoms with Crippen molar-refractivity contribution in [1.82, 2.24) is 58.1 Å². The molecule has 0 radical (unpaired) electrons. The second-order valence-corrected chi connectivity index (χ2v) is 31.9. The highest BCUT2D eigenvalue weighted by atomic mass is 16.7. The van der Waals surface area contributed by atoms with E-state index < -0.39 is 188 Å². The van der Waals surface area contributed by atoms with Gasteiger partial charge in [0.15, 0.2) is 55.5 Å². The Bertz CT molecular complexity index is 3570. The van der Waals surface area contributed by atoms with Gasteiger partial charge >= 0.3 is 41.8 Å². The van der Waals surface area contributed by atoms with Crippen molar-refractivity contribution in [3.8, 4) is 0 Å². The fourth-order valence-electron chi connectivity index (χ4n) is 14.8. The Hall–Kier alpha value is -10.1. The first-order chi connectivity index (χ1) is 61.6. The highest BCUT2D eigenvalue weighted by Crippen LogP contribution is 2.33. The predicted octanol–water partition coefficient (Wildman–Crippen LogP) is 2.96. The van der Waals surface area contributed by atoms with Crippen LogP contribution in [0, 0.1) is 0 Å². The molecule has 0 saturated carbocycles. The van der Waals surface area contributed by atoms with E-state index in [1.165, 1.54) is 67.2 Å². The van der Waals surface area contributed by atoms with Crippen LogP contribution in [0.3, 0.4) is 0 Å². The SMILES string of the molecule is CCC1OC(OCCCCCC(=O)NCCCNC(=O)CN(CC(=O)NCCCNC(=O)CCCCCOC2OC(CC)C(OC(C)=O)C(OC(C)=O)C2NC(C)=O)C(CCCCNC(=O)CCCC(=O)OCc2ccccc2)C(=O)NCCCNC(=O)CCCCCOC2OC(CC)C(OC(C)=O)C(OC(C)=O)C2NC(C)=O)C(NC(C)=O)C(OC(C)=O)C1OC(C)=O. The highest BCUT2D eigenvalue weighted by molar-refractivity contribution is 5.86. The Labute approximate surface area is 755 Å². The van der Waals surface area contributed by atoms with Crippen LogP contribution in [0.15, 0.2) is 30.3 Å². The highest BCUT2D eigenvalue weighted by Gasteiger charge is 2.53. The van der Waals surface area contributed by atoms with Gasteiger partial charge in [0.05, 0.1) is 19.1 Å². The molecule has 728 valence electrons. The number of hydrogen-bond acceptors (Lipinski definition) is 31. The van der Waals surface area contributed by atoms with Crippen molar-refractivity contribution >= 4 is 101 Å². The minimum absolute atomic E-state index is 0.0222. The molecule has 3 fully saturated rings. The number of amides is 10. The molecule has 0 spiro atoms. The van der Waals surface area contributed by atoms with Crippen molar-refractivity contribution in [3.63, 3.8) is 0 Å². The third kappa shape index (κ3) is 45.8. The van der Waals surface area contributed by atoms with E-state index >= 15 is 0 Å². The van der Waals surface area contributed by atoms with E-state index in [4.69, 9.17) is 61.6 Å². The van der Waals surface area contributed by atoms with Crippen molar-refractivity contribution in [1.29, 1.82) is 0 Å². The number of unbranched alkanes of at least 4 members (excludes halogenated alkanes) is 7. The summed E-state index contributed by atoms with van der Waals surface area (Å²) in [7, 11) is 0. The van der Waals surface area contributed by atoms with Gasteiger partial charge in [0.25, 0.3) is 0 Å². The predicted molar refractivity (Wildman–Crippen MR) is 460 cm³/mol. The summed E-state index contributed by atoms with van der Waals surface area (Å²) in [5.41, 5.74) is 0.822. The third-order valence-electron chi connectivity index (χ3n) is 20.7. The molecule has 3 aliphatic heterocycles. The summed E-state index contributed by atoms with van der Waals surface area (Å²) < 4.78 is 75.2. The summed E-state index contributed by atoms with van der Waals surface area (Å²) in [6.07, 6.45) is -3.78. The Morgan fingerprint density at radius 3 is 0.953 bits per heavy atom. The average molecular weight is 1830 g/mol. The monoisotopic (exact) mass is 1830 g/mol. The van der Waals surface area contributed by atoms with E-state index in [2.05, 4.69) is 53.2 Å². The molecule has 1 aromatic carbocycles. The minimum atomic E-state index is -1.11. The summed E-state index contributed by atoms with van der Waals surface area (Å²) in [4.78, 5) is 218. The molecule has 0 bridgehead atoms. The fourth-order valence-corrected chi connectivity index (χ4v) is 14.8. The lowest BCUT2D eigenvalue weighted by Crippen LogP contribution is -2.65. The molecular weight excluding hydrogens is 1690 g/mol. The van der Waals surface area contributed by atoms with Gasteiger partial charge in [0.1, 0.15) is 43.0 Å². The molecule has 41 nitrogen and oxygen atoms in total. The zero-order valence-electron chi connectivity index (χ0n) is 77.0. The molecule has 3 saturated heterocycles. The zero-order valence-corrected chi connectivity index (χ0v) is 77.0. The number of esters is 7. The van der Waals surface area contributed by atoms with Crippen LogP contribution in [0.4, 0.5) is 0 Å². The van der Waals surface area contributed by atoms with Gasteiger partial charge in [0.2, 0.25) is 59.1 Å². The minimum Gasteiger partial charge on any atom is -0.461 e. The fraction of sp³-hybridized carbons (Fsp3) is 0.739. The van der Waals surface area contributed by atoms with Gasteiger partial charge in [-0.1, -0.05) is 70.4 Å². The third-order valence-corrected chi connectivity index (χ3v) is 20.7. The maximum atomic E-state index is 14.6. The molecule has 4 rings (SSSR count). The van der Waals surface area contributed by atoms with Crippen molar-refractivity contribution in [2.24, 2.45) is 0 Å². The number of carbonyl (C=O) groups excluding carboxylic acids is 17. The number of carbonyl (C=O) groups is 17. The van der Waals surface area contributed by atoms with Crippen LogP contribution in [-0.2, 0) is 150 Å². The number of hydrogen-bond donors (Lipinski definition) is 10. The quantitative estimate of drug-likeness (QED) is 0.0254. The van der Waals surface area contributed by atoms with Gasteiger partial charge in [-0.05, 0) is 108 Å². The Kier molecular flexibility index (Phi) is 54.4. The second-order valence-electron chi connectivity index (χ2n) is 31.9. The molecule has 10 amide bonds. The van der Waals surface area contributed by atoms with Crippen LogP contribution in [0.1, 0.15) is 243 Å². The van der Waals surface area contributed by atoms with Crippen molar-refractivity contribution in [2.45, 2.75) is 342 Å². The molecule has 1 aromatic rings. The van der Waals surface area contributed by atoms with Gasteiger partial charge in [-0.15, -0.1) is 0 Å². The molecule has 3 aliphatic rings. The lowest BCUT2D eigenvalue weighted by molar-refractivity contribution is -0.272. The van der Waals surface area contributed by atoms with Crippen LogP contribution in [-0.4, -0.2) is 282 Å². The van der Waals surface area contributed by atoms with Gasteiger partial charge in [-0.2, -0.15) is 0 Å². The van der Waals surface area contributed by atoms with Gasteiger partial charge in [-0.3, -0.25) is 86.4 Å². The molecule has 129 heavy (non-hydrogen) atoms. The first kappa shape index (κ1) is 111. The van der Waals surface area contributed by atoms with Crippen molar-refractivity contribution in [2.75, 3.05) is 78.7 Å². The van der Waals surface area contributed by atoms with E-state index in [1.54, 1.807) is 20.8 Å². The normalized spacial score (nSPS) is 21.9.